The predicted octanol–water partition coefficient (Wildman–Crippen LogP) is 3.63. The van der Waals surface area contributed by atoms with Gasteiger partial charge in [-0.25, -0.2) is 8.78 Å². The summed E-state index contributed by atoms with van der Waals surface area (Å²) in [5.74, 6) is -1.14. The van der Waals surface area contributed by atoms with Crippen LogP contribution in [0.5, 0.6) is 0 Å². The summed E-state index contributed by atoms with van der Waals surface area (Å²) < 4.78 is 39.9. The fourth-order valence-corrected chi connectivity index (χ4v) is 4.93. The Morgan fingerprint density at radius 1 is 1.38 bits per heavy atom. The van der Waals surface area contributed by atoms with Crippen LogP contribution in [0.15, 0.2) is 23.1 Å². The molecule has 1 saturated carbocycles. The Morgan fingerprint density at radius 2 is 2.10 bits per heavy atom. The van der Waals surface area contributed by atoms with Gasteiger partial charge in [0.1, 0.15) is 11.6 Å². The SMILES string of the molecule is CCCNC1C(S(=O)c2cc(F)ccc2F)CCC1(C)C. The van der Waals surface area contributed by atoms with Gasteiger partial charge >= 0.3 is 0 Å². The molecule has 1 N–H and O–H groups in total. The van der Waals surface area contributed by atoms with Crippen molar-refractivity contribution < 1.29 is 13.0 Å². The Hall–Kier alpha value is -0.810. The summed E-state index contributed by atoms with van der Waals surface area (Å²) in [5, 5.41) is 3.27. The molecule has 1 fully saturated rings. The summed E-state index contributed by atoms with van der Waals surface area (Å²) in [7, 11) is -1.54. The highest BCUT2D eigenvalue weighted by Crippen LogP contribution is 2.41. The summed E-state index contributed by atoms with van der Waals surface area (Å²) in [6.45, 7) is 7.19. The predicted molar refractivity (Wildman–Crippen MR) is 81.7 cm³/mol. The van der Waals surface area contributed by atoms with E-state index in [2.05, 4.69) is 26.1 Å². The van der Waals surface area contributed by atoms with Gasteiger partial charge < -0.3 is 5.32 Å². The molecule has 1 aliphatic carbocycles. The molecule has 21 heavy (non-hydrogen) atoms. The van der Waals surface area contributed by atoms with Gasteiger partial charge in [-0.2, -0.15) is 0 Å². The van der Waals surface area contributed by atoms with Gasteiger partial charge in [-0.1, -0.05) is 20.8 Å². The van der Waals surface area contributed by atoms with Crippen LogP contribution in [-0.4, -0.2) is 22.0 Å². The smallest absolute Gasteiger partial charge is 0.139 e. The Bertz CT molecular complexity index is 533. The molecule has 0 aromatic heterocycles. The molecule has 0 spiro atoms. The molecule has 2 rings (SSSR count). The van der Waals surface area contributed by atoms with Crippen molar-refractivity contribution in [2.45, 2.75) is 56.2 Å². The summed E-state index contributed by atoms with van der Waals surface area (Å²) in [6.07, 6.45) is 2.68. The second kappa shape index (κ2) is 6.53. The van der Waals surface area contributed by atoms with Gasteiger partial charge in [0.2, 0.25) is 0 Å². The maximum absolute atomic E-state index is 13.9. The van der Waals surface area contributed by atoms with Gasteiger partial charge in [-0.05, 0) is 49.4 Å². The van der Waals surface area contributed by atoms with E-state index in [0.29, 0.717) is 0 Å². The molecule has 2 nitrogen and oxygen atoms in total. The first kappa shape index (κ1) is 16.6. The van der Waals surface area contributed by atoms with Crippen LogP contribution in [0, 0.1) is 17.0 Å². The van der Waals surface area contributed by atoms with E-state index in [1.54, 1.807) is 0 Å². The number of hydrogen-bond acceptors (Lipinski definition) is 2. The zero-order valence-corrected chi connectivity index (χ0v) is 13.6. The summed E-state index contributed by atoms with van der Waals surface area (Å²) in [5.41, 5.74) is 0.0132. The van der Waals surface area contributed by atoms with Crippen LogP contribution in [0.4, 0.5) is 8.78 Å². The molecule has 118 valence electrons. The largest absolute Gasteiger partial charge is 0.312 e. The minimum Gasteiger partial charge on any atom is -0.312 e. The van der Waals surface area contributed by atoms with E-state index < -0.39 is 22.4 Å². The lowest BCUT2D eigenvalue weighted by Crippen LogP contribution is -2.46. The van der Waals surface area contributed by atoms with Crippen LogP contribution in [0.1, 0.15) is 40.0 Å². The quantitative estimate of drug-likeness (QED) is 0.899. The normalized spacial score (nSPS) is 26.0. The van der Waals surface area contributed by atoms with Gasteiger partial charge in [-0.3, -0.25) is 4.21 Å². The first-order valence-electron chi connectivity index (χ1n) is 7.46. The average molecular weight is 315 g/mol. The lowest BCUT2D eigenvalue weighted by Gasteiger charge is -2.31. The van der Waals surface area contributed by atoms with Crippen LogP contribution in [0.3, 0.4) is 0 Å². The third kappa shape index (κ3) is 3.51. The van der Waals surface area contributed by atoms with Gasteiger partial charge in [0.25, 0.3) is 0 Å². The third-order valence-corrected chi connectivity index (χ3v) is 6.09. The molecule has 5 heteroatoms. The molecule has 1 aromatic rings. The Labute approximate surface area is 127 Å². The summed E-state index contributed by atoms with van der Waals surface area (Å²) in [6, 6.07) is 3.23. The van der Waals surface area contributed by atoms with Crippen LogP contribution in [0.2, 0.25) is 0 Å². The molecule has 3 unspecified atom stereocenters. The first-order chi connectivity index (χ1) is 9.86. The first-order valence-corrected chi connectivity index (χ1v) is 8.67. The fourth-order valence-electron chi connectivity index (χ4n) is 3.07. The molecule has 1 aromatic carbocycles. The van der Waals surface area contributed by atoms with Crippen molar-refractivity contribution in [3.8, 4) is 0 Å². The lowest BCUT2D eigenvalue weighted by atomic mass is 9.87. The molecule has 0 aliphatic heterocycles. The van der Waals surface area contributed by atoms with E-state index in [1.807, 2.05) is 0 Å². The summed E-state index contributed by atoms with van der Waals surface area (Å²) >= 11 is 0. The van der Waals surface area contributed by atoms with E-state index >= 15 is 0 Å². The van der Waals surface area contributed by atoms with Gasteiger partial charge in [0.05, 0.1) is 20.9 Å². The van der Waals surface area contributed by atoms with Gasteiger partial charge in [0, 0.05) is 6.04 Å². The summed E-state index contributed by atoms with van der Waals surface area (Å²) in [4.78, 5) is -0.0130. The zero-order chi connectivity index (χ0) is 15.6. The number of benzene rings is 1. The molecule has 0 bridgehead atoms. The van der Waals surface area contributed by atoms with E-state index in [9.17, 15) is 13.0 Å². The minimum absolute atomic E-state index is 0.0130. The molecular weight excluding hydrogens is 292 g/mol. The van der Waals surface area contributed by atoms with E-state index in [4.69, 9.17) is 0 Å². The molecule has 0 radical (unpaired) electrons. The highest BCUT2D eigenvalue weighted by Gasteiger charge is 2.44. The molecule has 0 amide bonds. The van der Waals surface area contributed by atoms with Crippen molar-refractivity contribution in [3.63, 3.8) is 0 Å². The van der Waals surface area contributed by atoms with Crippen molar-refractivity contribution >= 4 is 10.8 Å². The van der Waals surface area contributed by atoms with E-state index in [0.717, 1.165) is 44.0 Å². The topological polar surface area (TPSA) is 29.1 Å². The van der Waals surface area contributed by atoms with Crippen LogP contribution in [-0.2, 0) is 10.8 Å². The second-order valence-electron chi connectivity index (χ2n) is 6.37. The van der Waals surface area contributed by atoms with Gasteiger partial charge in [-0.15, -0.1) is 0 Å². The molecule has 1 aliphatic rings. The van der Waals surface area contributed by atoms with Crippen molar-refractivity contribution in [2.75, 3.05) is 6.54 Å². The second-order valence-corrected chi connectivity index (χ2v) is 8.01. The Kier molecular flexibility index (Phi) is 5.15. The third-order valence-electron chi connectivity index (χ3n) is 4.29. The van der Waals surface area contributed by atoms with Crippen LogP contribution < -0.4 is 5.32 Å². The highest BCUT2D eigenvalue weighted by molar-refractivity contribution is 7.85. The molecule has 3 atom stereocenters. The number of nitrogens with one attached hydrogen (secondary N) is 1. The lowest BCUT2D eigenvalue weighted by molar-refractivity contribution is 0.286. The van der Waals surface area contributed by atoms with E-state index in [1.165, 1.54) is 0 Å². The minimum atomic E-state index is -1.54. The Morgan fingerprint density at radius 3 is 2.76 bits per heavy atom. The average Bonchev–Trinajstić information content (AvgIpc) is 2.73. The standard InChI is InChI=1S/C16H23F2NOS/c1-4-9-19-15-13(7-8-16(15,2)3)21(20)14-10-11(17)5-6-12(14)18/h5-6,10,13,15,19H,4,7-9H2,1-3H3. The molecular formula is C16H23F2NOS. The van der Waals surface area contributed by atoms with Crippen molar-refractivity contribution in [2.24, 2.45) is 5.41 Å². The van der Waals surface area contributed by atoms with Crippen molar-refractivity contribution in [1.29, 1.82) is 0 Å². The Balaban J connectivity index is 2.26. The van der Waals surface area contributed by atoms with Gasteiger partial charge in [0.15, 0.2) is 0 Å². The molecule has 0 heterocycles. The monoisotopic (exact) mass is 315 g/mol. The number of halogens is 2. The van der Waals surface area contributed by atoms with Crippen molar-refractivity contribution in [3.05, 3.63) is 29.8 Å². The maximum Gasteiger partial charge on any atom is 0.139 e. The van der Waals surface area contributed by atoms with Crippen molar-refractivity contribution in [1.82, 2.24) is 5.32 Å². The van der Waals surface area contributed by atoms with Crippen LogP contribution in [0.25, 0.3) is 0 Å². The highest BCUT2D eigenvalue weighted by atomic mass is 32.2. The maximum atomic E-state index is 13.9. The van der Waals surface area contributed by atoms with Crippen LogP contribution >= 0.6 is 0 Å². The van der Waals surface area contributed by atoms with E-state index in [-0.39, 0.29) is 21.6 Å². The zero-order valence-electron chi connectivity index (χ0n) is 12.8. The molecule has 0 saturated heterocycles. The number of rotatable bonds is 5. The number of hydrogen-bond donors (Lipinski definition) is 1. The fraction of sp³-hybridized carbons (Fsp3) is 0.625.